The Morgan fingerprint density at radius 2 is 1.81 bits per heavy atom. The third kappa shape index (κ3) is 3.70. The summed E-state index contributed by atoms with van der Waals surface area (Å²) in [7, 11) is 0. The lowest BCUT2D eigenvalue weighted by atomic mass is 9.95. The second-order valence-electron chi connectivity index (χ2n) is 6.88. The lowest BCUT2D eigenvalue weighted by molar-refractivity contribution is -0.123. The zero-order valence-corrected chi connectivity index (χ0v) is 15.3. The van der Waals surface area contributed by atoms with E-state index in [0.717, 1.165) is 0 Å². The van der Waals surface area contributed by atoms with Crippen molar-refractivity contribution in [3.05, 3.63) is 53.2 Å². The van der Waals surface area contributed by atoms with Crippen LogP contribution in [0.4, 0.5) is 11.4 Å². The molecule has 0 radical (unpaired) electrons. The Hall–Kier alpha value is -2.86. The van der Waals surface area contributed by atoms with Crippen molar-refractivity contribution < 1.29 is 14.1 Å². The highest BCUT2D eigenvalue weighted by Crippen LogP contribution is 2.28. The van der Waals surface area contributed by atoms with E-state index in [1.807, 2.05) is 26.8 Å². The molecule has 6 nitrogen and oxygen atoms in total. The molecule has 3 aromatic rings. The molecule has 0 saturated heterocycles. The molecular weight excluding hydrogens is 354 g/mol. The van der Waals surface area contributed by atoms with Crippen LogP contribution >= 0.6 is 11.6 Å². The Kier molecular flexibility index (Phi) is 4.70. The van der Waals surface area contributed by atoms with Crippen LogP contribution in [-0.2, 0) is 4.79 Å². The molecule has 7 heteroatoms. The normalized spacial score (nSPS) is 11.4. The zero-order chi connectivity index (χ0) is 18.9. The first-order chi connectivity index (χ1) is 12.3. The summed E-state index contributed by atoms with van der Waals surface area (Å²) >= 11 is 6.23. The largest absolute Gasteiger partial charge is 0.350 e. The number of rotatable bonds is 3. The van der Waals surface area contributed by atoms with Gasteiger partial charge in [0.05, 0.1) is 16.1 Å². The quantitative estimate of drug-likeness (QED) is 0.697. The lowest BCUT2D eigenvalue weighted by Gasteiger charge is -2.18. The van der Waals surface area contributed by atoms with Crippen molar-refractivity contribution in [1.82, 2.24) is 5.16 Å². The summed E-state index contributed by atoms with van der Waals surface area (Å²) in [5.74, 6) is -0.451. The van der Waals surface area contributed by atoms with Gasteiger partial charge in [0.15, 0.2) is 0 Å². The first-order valence-corrected chi connectivity index (χ1v) is 8.40. The predicted molar refractivity (Wildman–Crippen MR) is 101 cm³/mol. The van der Waals surface area contributed by atoms with Crippen molar-refractivity contribution in [3.63, 3.8) is 0 Å². The molecule has 2 amide bonds. The Bertz CT molecular complexity index is 989. The standard InChI is InChI=1S/C19H18ClN3O3/c1-19(2,3)18(25)22-15-9-8-11(10-13(15)20)21-17(24)16-12-6-4-5-7-14(12)23-26-16/h4-10H,1-3H3,(H,21,24)(H,22,25). The molecule has 1 heterocycles. The van der Waals surface area contributed by atoms with Gasteiger partial charge in [-0.2, -0.15) is 0 Å². The highest BCUT2D eigenvalue weighted by Gasteiger charge is 2.22. The van der Waals surface area contributed by atoms with E-state index >= 15 is 0 Å². The van der Waals surface area contributed by atoms with E-state index in [9.17, 15) is 9.59 Å². The number of nitrogens with zero attached hydrogens (tertiary/aromatic N) is 1. The first kappa shape index (κ1) is 17.9. The summed E-state index contributed by atoms with van der Waals surface area (Å²) in [6.07, 6.45) is 0. The molecule has 2 aromatic carbocycles. The molecule has 26 heavy (non-hydrogen) atoms. The van der Waals surface area contributed by atoms with E-state index in [0.29, 0.717) is 27.3 Å². The number of amides is 2. The minimum atomic E-state index is -0.538. The van der Waals surface area contributed by atoms with Crippen LogP contribution in [0.25, 0.3) is 10.9 Å². The summed E-state index contributed by atoms with van der Waals surface area (Å²) in [5, 5.41) is 10.3. The SMILES string of the molecule is CC(C)(C)C(=O)Nc1ccc(NC(=O)c2onc3ccccc23)cc1Cl. The molecule has 0 fully saturated rings. The topological polar surface area (TPSA) is 84.2 Å². The van der Waals surface area contributed by atoms with Crippen molar-refractivity contribution in [2.45, 2.75) is 20.8 Å². The Balaban J connectivity index is 1.77. The minimum Gasteiger partial charge on any atom is -0.350 e. The van der Waals surface area contributed by atoms with E-state index in [1.54, 1.807) is 36.4 Å². The smallest absolute Gasteiger partial charge is 0.294 e. The summed E-state index contributed by atoms with van der Waals surface area (Å²) in [6, 6.07) is 12.0. The van der Waals surface area contributed by atoms with E-state index in [-0.39, 0.29) is 11.7 Å². The maximum Gasteiger partial charge on any atom is 0.294 e. The molecular formula is C19H18ClN3O3. The number of nitrogens with one attached hydrogen (secondary N) is 2. The number of aromatic nitrogens is 1. The number of carbonyl (C=O) groups excluding carboxylic acids is 2. The fourth-order valence-corrected chi connectivity index (χ4v) is 2.47. The van der Waals surface area contributed by atoms with E-state index in [1.165, 1.54) is 0 Å². The zero-order valence-electron chi connectivity index (χ0n) is 14.6. The molecule has 1 aromatic heterocycles. The van der Waals surface area contributed by atoms with Gasteiger partial charge in [-0.3, -0.25) is 9.59 Å². The number of carbonyl (C=O) groups is 2. The van der Waals surface area contributed by atoms with Gasteiger partial charge in [0.2, 0.25) is 11.7 Å². The average molecular weight is 372 g/mol. The molecule has 0 aliphatic heterocycles. The van der Waals surface area contributed by atoms with Gasteiger partial charge in [-0.1, -0.05) is 49.7 Å². The number of hydrogen-bond acceptors (Lipinski definition) is 4. The van der Waals surface area contributed by atoms with Crippen LogP contribution in [-0.4, -0.2) is 17.0 Å². The molecule has 0 unspecified atom stereocenters. The van der Waals surface area contributed by atoms with Gasteiger partial charge >= 0.3 is 0 Å². The van der Waals surface area contributed by atoms with Crippen molar-refractivity contribution in [1.29, 1.82) is 0 Å². The Labute approximate surface area is 155 Å². The second kappa shape index (κ2) is 6.80. The highest BCUT2D eigenvalue weighted by molar-refractivity contribution is 6.34. The van der Waals surface area contributed by atoms with Crippen LogP contribution < -0.4 is 10.6 Å². The summed E-state index contributed by atoms with van der Waals surface area (Å²) in [6.45, 7) is 5.44. The van der Waals surface area contributed by atoms with Gasteiger partial charge in [-0.25, -0.2) is 0 Å². The molecule has 0 bridgehead atoms. The first-order valence-electron chi connectivity index (χ1n) is 8.02. The second-order valence-corrected chi connectivity index (χ2v) is 7.29. The predicted octanol–water partition coefficient (Wildman–Crippen LogP) is 4.72. The van der Waals surface area contributed by atoms with Gasteiger partial charge in [0.1, 0.15) is 5.52 Å². The monoisotopic (exact) mass is 371 g/mol. The minimum absolute atomic E-state index is 0.127. The Morgan fingerprint density at radius 1 is 1.08 bits per heavy atom. The van der Waals surface area contributed by atoms with Gasteiger partial charge < -0.3 is 15.2 Å². The van der Waals surface area contributed by atoms with E-state index in [2.05, 4.69) is 15.8 Å². The number of fused-ring (bicyclic) bond motifs is 1. The third-order valence-electron chi connectivity index (χ3n) is 3.75. The maximum absolute atomic E-state index is 12.4. The third-order valence-corrected chi connectivity index (χ3v) is 4.06. The van der Waals surface area contributed by atoms with Gasteiger partial charge in [0.25, 0.3) is 5.91 Å². The van der Waals surface area contributed by atoms with Gasteiger partial charge in [-0.15, -0.1) is 0 Å². The van der Waals surface area contributed by atoms with Crippen LogP contribution in [0.15, 0.2) is 47.0 Å². The van der Waals surface area contributed by atoms with Crippen molar-refractivity contribution >= 4 is 45.7 Å². The Morgan fingerprint density at radius 3 is 2.50 bits per heavy atom. The number of hydrogen-bond donors (Lipinski definition) is 2. The lowest BCUT2D eigenvalue weighted by Crippen LogP contribution is -2.27. The average Bonchev–Trinajstić information content (AvgIpc) is 3.00. The summed E-state index contributed by atoms with van der Waals surface area (Å²) in [5.41, 5.74) is 1.03. The summed E-state index contributed by atoms with van der Waals surface area (Å²) in [4.78, 5) is 24.5. The van der Waals surface area contributed by atoms with Gasteiger partial charge in [-0.05, 0) is 30.3 Å². The summed E-state index contributed by atoms with van der Waals surface area (Å²) < 4.78 is 5.14. The fraction of sp³-hybridized carbons (Fsp3) is 0.211. The molecule has 2 N–H and O–H groups in total. The molecule has 0 saturated carbocycles. The number of benzene rings is 2. The van der Waals surface area contributed by atoms with Crippen molar-refractivity contribution in [2.24, 2.45) is 5.41 Å². The van der Waals surface area contributed by atoms with Crippen LogP contribution in [0.2, 0.25) is 5.02 Å². The molecule has 0 spiro atoms. The fourth-order valence-electron chi connectivity index (χ4n) is 2.24. The van der Waals surface area contributed by atoms with Crippen LogP contribution in [0, 0.1) is 5.41 Å². The van der Waals surface area contributed by atoms with Crippen molar-refractivity contribution in [2.75, 3.05) is 10.6 Å². The van der Waals surface area contributed by atoms with Crippen LogP contribution in [0.1, 0.15) is 31.3 Å². The van der Waals surface area contributed by atoms with Gasteiger partial charge in [0, 0.05) is 11.1 Å². The van der Waals surface area contributed by atoms with Crippen LogP contribution in [0.5, 0.6) is 0 Å². The number of anilines is 2. The molecule has 3 rings (SSSR count). The van der Waals surface area contributed by atoms with E-state index in [4.69, 9.17) is 16.1 Å². The molecule has 134 valence electrons. The highest BCUT2D eigenvalue weighted by atomic mass is 35.5. The van der Waals surface area contributed by atoms with Crippen LogP contribution in [0.3, 0.4) is 0 Å². The molecule has 0 aliphatic carbocycles. The van der Waals surface area contributed by atoms with E-state index < -0.39 is 11.3 Å². The molecule has 0 atom stereocenters. The molecule has 0 aliphatic rings. The number of halogens is 1. The van der Waals surface area contributed by atoms with Crippen molar-refractivity contribution in [3.8, 4) is 0 Å². The maximum atomic E-state index is 12.4.